The molecule has 5 rings (SSSR count). The largest absolute Gasteiger partial charge is 0.442 e. The number of pyridine rings is 1. The van der Waals surface area contributed by atoms with Crippen LogP contribution in [-0.2, 0) is 34.2 Å². The Morgan fingerprint density at radius 1 is 0.947 bits per heavy atom. The number of halogens is 2. The molecule has 0 saturated heterocycles. The van der Waals surface area contributed by atoms with Crippen molar-refractivity contribution in [1.82, 2.24) is 19.1 Å². The fourth-order valence-electron chi connectivity index (χ4n) is 4.16. The predicted molar refractivity (Wildman–Crippen MR) is 144 cm³/mol. The molecule has 0 aliphatic heterocycles. The molecular weight excluding hydrogens is 661 g/mol. The second-order valence-electron chi connectivity index (χ2n) is 9.08. The van der Waals surface area contributed by atoms with Crippen molar-refractivity contribution in [3.8, 4) is 33.9 Å². The quantitative estimate of drug-likeness (QED) is 0.205. The number of hydrogen-bond donors (Lipinski definition) is 0. The fraction of sp³-hybridized carbons (Fsp3) is 0.200. The van der Waals surface area contributed by atoms with Gasteiger partial charge in [0.05, 0.1) is 11.5 Å². The van der Waals surface area contributed by atoms with Crippen molar-refractivity contribution in [3.05, 3.63) is 102 Å². The van der Waals surface area contributed by atoms with Crippen molar-refractivity contribution in [2.45, 2.75) is 13.8 Å². The van der Waals surface area contributed by atoms with Gasteiger partial charge < -0.3 is 19.0 Å². The van der Waals surface area contributed by atoms with Crippen LogP contribution >= 0.6 is 0 Å². The molecule has 0 N–H and O–H groups in total. The first kappa shape index (κ1) is 29.0. The van der Waals surface area contributed by atoms with E-state index in [1.165, 1.54) is 16.7 Å². The van der Waals surface area contributed by atoms with E-state index in [0.29, 0.717) is 5.69 Å². The molecule has 0 aliphatic rings. The molecule has 3 aromatic heterocycles. The van der Waals surface area contributed by atoms with Gasteiger partial charge >= 0.3 is 0 Å². The first-order valence-electron chi connectivity index (χ1n) is 11.8. The predicted octanol–water partition coefficient (Wildman–Crippen LogP) is 6.40. The third-order valence-electron chi connectivity index (χ3n) is 6.10. The summed E-state index contributed by atoms with van der Waals surface area (Å²) in [6.07, 6.45) is 8.78. The molecule has 8 heteroatoms. The molecular formula is C30H29F2IrN5-2. The van der Waals surface area contributed by atoms with Gasteiger partial charge in [-0.15, -0.1) is 18.3 Å². The number of aromatic nitrogens is 4. The van der Waals surface area contributed by atoms with Gasteiger partial charge in [-0.2, -0.15) is 6.07 Å². The van der Waals surface area contributed by atoms with E-state index in [1.807, 2.05) is 55.1 Å². The summed E-state index contributed by atoms with van der Waals surface area (Å²) in [6, 6.07) is 16.4. The number of anilines is 1. The third kappa shape index (κ3) is 6.26. The van der Waals surface area contributed by atoms with Crippen LogP contribution in [0.1, 0.15) is 11.1 Å². The van der Waals surface area contributed by atoms with E-state index < -0.39 is 11.6 Å². The molecule has 2 aromatic carbocycles. The average Bonchev–Trinajstić information content (AvgIpc) is 3.45. The van der Waals surface area contributed by atoms with Crippen LogP contribution < -0.4 is 4.90 Å². The first-order chi connectivity index (χ1) is 17.7. The fourth-order valence-corrected chi connectivity index (χ4v) is 4.16. The molecule has 199 valence electrons. The molecule has 0 fully saturated rings. The van der Waals surface area contributed by atoms with Gasteiger partial charge in [0, 0.05) is 76.5 Å². The molecule has 0 unspecified atom stereocenters. The van der Waals surface area contributed by atoms with Crippen molar-refractivity contribution in [1.29, 1.82) is 0 Å². The van der Waals surface area contributed by atoms with Crippen molar-refractivity contribution < 1.29 is 28.9 Å². The second kappa shape index (κ2) is 12.3. The summed E-state index contributed by atoms with van der Waals surface area (Å²) in [5, 5.41) is 0. The minimum atomic E-state index is -0.659. The van der Waals surface area contributed by atoms with Gasteiger partial charge in [0.2, 0.25) is 0 Å². The van der Waals surface area contributed by atoms with Crippen molar-refractivity contribution in [2.75, 3.05) is 19.0 Å². The Labute approximate surface area is 236 Å². The smallest absolute Gasteiger partial charge is 0.0592 e. The monoisotopic (exact) mass is 690 g/mol. The zero-order valence-corrected chi connectivity index (χ0v) is 24.6. The molecule has 1 radical (unpaired) electrons. The van der Waals surface area contributed by atoms with E-state index in [1.54, 1.807) is 12.3 Å². The molecule has 0 amide bonds. The standard InChI is InChI=1S/C17H18N3.C13H11F2N2.Ir/c1-12-6-5-7-13(2)16(12)15-10-18-17(20(15)4)14-8-9-19(3)11-14;1-17(2)10-5-6-16-13(8-10)11-4-3-9(14)7-12(11)15;/h5-10H,1-4H3;3,5-8H,1-2H3;/q2*-1;. The van der Waals surface area contributed by atoms with E-state index >= 15 is 0 Å². The normalized spacial score (nSPS) is 10.4. The minimum absolute atomic E-state index is 0. The summed E-state index contributed by atoms with van der Waals surface area (Å²) in [6.45, 7) is 4.29. The second-order valence-corrected chi connectivity index (χ2v) is 9.08. The maximum atomic E-state index is 13.5. The van der Waals surface area contributed by atoms with Gasteiger partial charge in [-0.25, -0.2) is 0 Å². The summed E-state index contributed by atoms with van der Waals surface area (Å²) < 4.78 is 30.4. The summed E-state index contributed by atoms with van der Waals surface area (Å²) in [4.78, 5) is 10.5. The van der Waals surface area contributed by atoms with Gasteiger partial charge in [-0.3, -0.25) is 13.8 Å². The first-order valence-corrected chi connectivity index (χ1v) is 11.8. The van der Waals surface area contributed by atoms with Crippen molar-refractivity contribution in [3.63, 3.8) is 0 Å². The summed E-state index contributed by atoms with van der Waals surface area (Å²) in [7, 11) is 7.79. The Morgan fingerprint density at radius 2 is 1.66 bits per heavy atom. The average molecular weight is 690 g/mol. The van der Waals surface area contributed by atoms with Crippen molar-refractivity contribution in [2.24, 2.45) is 14.1 Å². The van der Waals surface area contributed by atoms with Gasteiger partial charge in [-0.1, -0.05) is 47.7 Å². The molecule has 5 aromatic rings. The number of aryl methyl sites for hydroxylation is 3. The number of imidazole rings is 1. The van der Waals surface area contributed by atoms with Gasteiger partial charge in [0.25, 0.3) is 0 Å². The van der Waals surface area contributed by atoms with E-state index in [9.17, 15) is 8.78 Å². The molecule has 0 saturated carbocycles. The molecule has 0 aliphatic carbocycles. The van der Waals surface area contributed by atoms with Crippen LogP contribution in [0.3, 0.4) is 0 Å². The van der Waals surface area contributed by atoms with Crippen LogP contribution in [0.5, 0.6) is 0 Å². The summed E-state index contributed by atoms with van der Waals surface area (Å²) >= 11 is 0. The van der Waals surface area contributed by atoms with Crippen LogP contribution in [0.15, 0.2) is 67.1 Å². The Hall–Kier alpha value is -3.61. The van der Waals surface area contributed by atoms with Crippen molar-refractivity contribution >= 4 is 5.69 Å². The van der Waals surface area contributed by atoms with E-state index in [2.05, 4.69) is 65.9 Å². The van der Waals surface area contributed by atoms with Crippen LogP contribution in [0.2, 0.25) is 0 Å². The molecule has 0 bridgehead atoms. The van der Waals surface area contributed by atoms with E-state index in [-0.39, 0.29) is 25.7 Å². The topological polar surface area (TPSA) is 38.9 Å². The molecule has 38 heavy (non-hydrogen) atoms. The zero-order chi connectivity index (χ0) is 26.7. The minimum Gasteiger partial charge on any atom is -0.442 e. The van der Waals surface area contributed by atoms with Crippen LogP contribution in [0.4, 0.5) is 14.5 Å². The number of nitrogens with zero attached hydrogens (tertiary/aromatic N) is 5. The Kier molecular flexibility index (Phi) is 9.36. The van der Waals surface area contributed by atoms with Crippen LogP contribution in [0, 0.1) is 37.7 Å². The molecule has 0 spiro atoms. The van der Waals surface area contributed by atoms with Gasteiger partial charge in [-0.05, 0) is 43.8 Å². The van der Waals surface area contributed by atoms with Crippen LogP contribution in [-0.4, -0.2) is 33.2 Å². The van der Waals surface area contributed by atoms with E-state index in [4.69, 9.17) is 0 Å². The molecule has 3 heterocycles. The third-order valence-corrected chi connectivity index (χ3v) is 6.10. The van der Waals surface area contributed by atoms with E-state index in [0.717, 1.165) is 34.9 Å². The number of rotatable bonds is 4. The Balaban J connectivity index is 0.000000208. The van der Waals surface area contributed by atoms with Gasteiger partial charge in [0.1, 0.15) is 0 Å². The molecule has 5 nitrogen and oxygen atoms in total. The maximum Gasteiger partial charge on any atom is 0.0592 e. The van der Waals surface area contributed by atoms with Gasteiger partial charge in [0.15, 0.2) is 0 Å². The van der Waals surface area contributed by atoms with Crippen LogP contribution in [0.25, 0.3) is 33.9 Å². The Morgan fingerprint density at radius 3 is 2.26 bits per heavy atom. The SMILES string of the molecule is CN(C)c1ccnc(-c2[c-]cc(F)cc2F)c1.Cc1cccc(C)c1-c1cnc(-c2[c-]n(C)cc2)n1C.[Ir]. The zero-order valence-electron chi connectivity index (χ0n) is 22.2. The number of benzene rings is 2. The maximum absolute atomic E-state index is 13.5. The summed E-state index contributed by atoms with van der Waals surface area (Å²) in [5.74, 6) is -0.355. The molecule has 0 atom stereocenters. The summed E-state index contributed by atoms with van der Waals surface area (Å²) in [5.41, 5.74) is 7.49. The number of hydrogen-bond acceptors (Lipinski definition) is 3. The Bertz CT molecular complexity index is 1520.